The highest BCUT2D eigenvalue weighted by Gasteiger charge is 2.24. The Bertz CT molecular complexity index is 1160. The zero-order valence-corrected chi connectivity index (χ0v) is 20.8. The highest BCUT2D eigenvalue weighted by Crippen LogP contribution is 2.29. The number of aromatic nitrogens is 1. The molecule has 1 aliphatic heterocycles. The average molecular weight is 478 g/mol. The highest BCUT2D eigenvalue weighted by molar-refractivity contribution is 7.17. The lowest BCUT2D eigenvalue weighted by atomic mass is 9.96. The van der Waals surface area contributed by atoms with Crippen molar-refractivity contribution >= 4 is 28.9 Å². The number of amides is 1. The van der Waals surface area contributed by atoms with Crippen LogP contribution in [0, 0.1) is 19.8 Å². The van der Waals surface area contributed by atoms with Crippen LogP contribution in [-0.2, 0) is 16.0 Å². The summed E-state index contributed by atoms with van der Waals surface area (Å²) in [6.45, 7) is 6.35. The molecule has 1 atom stereocenters. The third-order valence-electron chi connectivity index (χ3n) is 6.27. The number of thiazole rings is 1. The molecular formula is C27H31N3O3S. The van der Waals surface area contributed by atoms with Crippen molar-refractivity contribution in [2.75, 3.05) is 31.6 Å². The second-order valence-corrected chi connectivity index (χ2v) is 9.84. The van der Waals surface area contributed by atoms with Crippen LogP contribution in [0.5, 0.6) is 0 Å². The second-order valence-electron chi connectivity index (χ2n) is 8.85. The summed E-state index contributed by atoms with van der Waals surface area (Å²) < 4.78 is 4.86. The van der Waals surface area contributed by atoms with Gasteiger partial charge in [-0.1, -0.05) is 48.0 Å². The van der Waals surface area contributed by atoms with Crippen LogP contribution in [0.4, 0.5) is 5.69 Å². The summed E-state index contributed by atoms with van der Waals surface area (Å²) in [5, 5.41) is 4.01. The molecule has 178 valence electrons. The first-order chi connectivity index (χ1) is 16.4. The molecule has 4 rings (SSSR count). The summed E-state index contributed by atoms with van der Waals surface area (Å²) in [4.78, 5) is 32.4. The fraction of sp³-hybridized carbons (Fsp3) is 0.370. The minimum atomic E-state index is -0.238. The molecule has 3 aromatic rings. The molecule has 2 heterocycles. The Hall–Kier alpha value is -3.19. The standard InChI is InChI=1S/C27H31N3O3S/c1-18-10-12-21(13-11-18)27-29-19(2)25(34-27)26(32)28-16-20-7-6-14-30(17-20)23-9-5-4-8-22(23)15-24(31)33-3/h4-5,8-13,20H,6-7,14-17H2,1-3H3,(H,28,32). The number of para-hydroxylation sites is 1. The fourth-order valence-electron chi connectivity index (χ4n) is 4.39. The van der Waals surface area contributed by atoms with E-state index in [-0.39, 0.29) is 18.3 Å². The van der Waals surface area contributed by atoms with Crippen molar-refractivity contribution in [3.63, 3.8) is 0 Å². The number of nitrogens with zero attached hydrogens (tertiary/aromatic N) is 2. The molecule has 0 saturated carbocycles. The van der Waals surface area contributed by atoms with Crippen LogP contribution in [0.2, 0.25) is 0 Å². The maximum atomic E-state index is 13.0. The molecule has 7 heteroatoms. The van der Waals surface area contributed by atoms with Crippen LogP contribution in [0.25, 0.3) is 10.6 Å². The minimum Gasteiger partial charge on any atom is -0.469 e. The zero-order chi connectivity index (χ0) is 24.1. The van der Waals surface area contributed by atoms with Gasteiger partial charge in [-0.05, 0) is 44.2 Å². The highest BCUT2D eigenvalue weighted by atomic mass is 32.1. The van der Waals surface area contributed by atoms with Gasteiger partial charge in [0, 0.05) is 30.9 Å². The van der Waals surface area contributed by atoms with Gasteiger partial charge in [-0.15, -0.1) is 11.3 Å². The van der Waals surface area contributed by atoms with E-state index >= 15 is 0 Å². The SMILES string of the molecule is COC(=O)Cc1ccccc1N1CCCC(CNC(=O)c2sc(-c3ccc(C)cc3)nc2C)C1. The number of methoxy groups -OCH3 is 1. The molecule has 1 fully saturated rings. The third kappa shape index (κ3) is 5.65. The van der Waals surface area contributed by atoms with E-state index in [0.29, 0.717) is 17.3 Å². The molecule has 34 heavy (non-hydrogen) atoms. The number of aryl methyl sites for hydroxylation is 2. The largest absolute Gasteiger partial charge is 0.469 e. The van der Waals surface area contributed by atoms with Crippen molar-refractivity contribution in [2.45, 2.75) is 33.1 Å². The van der Waals surface area contributed by atoms with E-state index in [1.807, 2.05) is 37.3 Å². The molecule has 2 aromatic carbocycles. The van der Waals surface area contributed by atoms with E-state index in [2.05, 4.69) is 40.3 Å². The first-order valence-electron chi connectivity index (χ1n) is 11.7. The maximum absolute atomic E-state index is 13.0. The van der Waals surface area contributed by atoms with Crippen molar-refractivity contribution < 1.29 is 14.3 Å². The number of ether oxygens (including phenoxy) is 1. The Morgan fingerprint density at radius 3 is 2.68 bits per heavy atom. The van der Waals surface area contributed by atoms with Crippen molar-refractivity contribution in [1.29, 1.82) is 0 Å². The maximum Gasteiger partial charge on any atom is 0.310 e. The van der Waals surface area contributed by atoms with E-state index in [0.717, 1.165) is 53.4 Å². The van der Waals surface area contributed by atoms with Crippen molar-refractivity contribution in [2.24, 2.45) is 5.92 Å². The summed E-state index contributed by atoms with van der Waals surface area (Å²) in [7, 11) is 1.42. The molecule has 1 aromatic heterocycles. The number of hydrogen-bond donors (Lipinski definition) is 1. The van der Waals surface area contributed by atoms with Crippen LogP contribution in [0.1, 0.15) is 39.3 Å². The number of benzene rings is 2. The van der Waals surface area contributed by atoms with Gasteiger partial charge in [-0.25, -0.2) is 4.98 Å². The van der Waals surface area contributed by atoms with Crippen molar-refractivity contribution in [1.82, 2.24) is 10.3 Å². The quantitative estimate of drug-likeness (QED) is 0.496. The lowest BCUT2D eigenvalue weighted by Gasteiger charge is -2.35. The first kappa shape index (κ1) is 24.0. The topological polar surface area (TPSA) is 71.5 Å². The van der Waals surface area contributed by atoms with Crippen LogP contribution in [0.15, 0.2) is 48.5 Å². The van der Waals surface area contributed by atoms with E-state index in [9.17, 15) is 9.59 Å². The van der Waals surface area contributed by atoms with Crippen LogP contribution >= 0.6 is 11.3 Å². The molecule has 0 spiro atoms. The molecule has 1 N–H and O–H groups in total. The molecule has 0 bridgehead atoms. The summed E-state index contributed by atoms with van der Waals surface area (Å²) in [6, 6.07) is 16.2. The molecule has 0 radical (unpaired) electrons. The molecule has 6 nitrogen and oxygen atoms in total. The first-order valence-corrected chi connectivity index (χ1v) is 12.5. The summed E-state index contributed by atoms with van der Waals surface area (Å²) in [5.41, 5.74) is 5.05. The normalized spacial score (nSPS) is 15.7. The van der Waals surface area contributed by atoms with Gasteiger partial charge in [0.1, 0.15) is 9.88 Å². The van der Waals surface area contributed by atoms with E-state index in [1.54, 1.807) is 0 Å². The Morgan fingerprint density at radius 2 is 1.91 bits per heavy atom. The Labute approximate surface area is 205 Å². The number of anilines is 1. The Morgan fingerprint density at radius 1 is 1.15 bits per heavy atom. The van der Waals surface area contributed by atoms with Gasteiger partial charge in [0.25, 0.3) is 5.91 Å². The van der Waals surface area contributed by atoms with Crippen LogP contribution < -0.4 is 10.2 Å². The number of carbonyl (C=O) groups is 2. The van der Waals surface area contributed by atoms with Gasteiger partial charge in [0.2, 0.25) is 0 Å². The summed E-state index contributed by atoms with van der Waals surface area (Å²) >= 11 is 1.44. The summed E-state index contributed by atoms with van der Waals surface area (Å²) in [5.74, 6) is 0.0449. The van der Waals surface area contributed by atoms with Crippen LogP contribution in [-0.4, -0.2) is 43.6 Å². The minimum absolute atomic E-state index is 0.0587. The number of hydrogen-bond acceptors (Lipinski definition) is 6. The predicted molar refractivity (Wildman–Crippen MR) is 136 cm³/mol. The average Bonchev–Trinajstić information content (AvgIpc) is 3.25. The molecule has 1 unspecified atom stereocenters. The van der Waals surface area contributed by atoms with Crippen molar-refractivity contribution in [3.8, 4) is 10.6 Å². The molecule has 1 aliphatic rings. The lowest BCUT2D eigenvalue weighted by molar-refractivity contribution is -0.139. The second kappa shape index (κ2) is 10.8. The molecule has 1 amide bonds. The zero-order valence-electron chi connectivity index (χ0n) is 20.0. The van der Waals surface area contributed by atoms with Gasteiger partial charge in [-0.3, -0.25) is 9.59 Å². The third-order valence-corrected chi connectivity index (χ3v) is 7.47. The Kier molecular flexibility index (Phi) is 7.63. The fourth-order valence-corrected chi connectivity index (χ4v) is 5.38. The van der Waals surface area contributed by atoms with Crippen LogP contribution in [0.3, 0.4) is 0 Å². The monoisotopic (exact) mass is 477 g/mol. The molecule has 0 aliphatic carbocycles. The van der Waals surface area contributed by atoms with E-state index < -0.39 is 0 Å². The lowest BCUT2D eigenvalue weighted by Crippen LogP contribution is -2.41. The van der Waals surface area contributed by atoms with Gasteiger partial charge < -0.3 is 15.0 Å². The number of esters is 1. The van der Waals surface area contributed by atoms with E-state index in [1.165, 1.54) is 24.0 Å². The Balaban J connectivity index is 1.39. The number of nitrogens with one attached hydrogen (secondary N) is 1. The number of piperidine rings is 1. The molecule has 1 saturated heterocycles. The number of rotatable bonds is 7. The van der Waals surface area contributed by atoms with Crippen molar-refractivity contribution in [3.05, 3.63) is 70.2 Å². The number of carbonyl (C=O) groups excluding carboxylic acids is 2. The van der Waals surface area contributed by atoms with Gasteiger partial charge in [0.15, 0.2) is 0 Å². The van der Waals surface area contributed by atoms with Gasteiger partial charge in [0.05, 0.1) is 19.2 Å². The molecular weight excluding hydrogens is 446 g/mol. The predicted octanol–water partition coefficient (Wildman–Crippen LogP) is 4.79. The summed E-state index contributed by atoms with van der Waals surface area (Å²) in [6.07, 6.45) is 2.37. The smallest absolute Gasteiger partial charge is 0.310 e. The van der Waals surface area contributed by atoms with Gasteiger partial charge in [-0.2, -0.15) is 0 Å². The van der Waals surface area contributed by atoms with Gasteiger partial charge >= 0.3 is 5.97 Å². The van der Waals surface area contributed by atoms with E-state index in [4.69, 9.17) is 4.74 Å².